The second-order valence-corrected chi connectivity index (χ2v) is 6.81. The first-order chi connectivity index (χ1) is 15.5. The number of alkyl halides is 6. The van der Waals surface area contributed by atoms with Gasteiger partial charge in [-0.3, -0.25) is 9.59 Å². The Morgan fingerprint density at radius 2 is 1.36 bits per heavy atom. The molecule has 2 aromatic rings. The number of unbranched alkanes of at least 4 members (excludes halogenated alkanes) is 2. The maximum absolute atomic E-state index is 13.5. The van der Waals surface area contributed by atoms with Crippen LogP contribution in [0.4, 0.5) is 26.3 Å². The largest absolute Gasteiger partial charge is 0.465 e. The number of ketones is 1. The number of halogens is 6. The summed E-state index contributed by atoms with van der Waals surface area (Å²) < 4.78 is 94.2. The van der Waals surface area contributed by atoms with Crippen LogP contribution in [0.25, 0.3) is 0 Å². The van der Waals surface area contributed by atoms with Crippen LogP contribution < -0.4 is 0 Å². The molecule has 0 fully saturated rings. The average molecular weight is 495 g/mol. The molecule has 0 aliphatic rings. The van der Waals surface area contributed by atoms with Gasteiger partial charge in [-0.25, -0.2) is 0 Å². The SMILES string of the molecule is CCCCCOC(=O)C(C(=O)c1c(C(F)(F)F)cccc1C(F)(F)F)c1ccccc1.O=[PH2+]. The number of esters is 1. The second kappa shape index (κ2) is 12.5. The minimum Gasteiger partial charge on any atom is -0.465 e. The molecule has 33 heavy (non-hydrogen) atoms. The number of rotatable bonds is 8. The van der Waals surface area contributed by atoms with Crippen molar-refractivity contribution in [2.45, 2.75) is 44.5 Å². The van der Waals surface area contributed by atoms with Crippen molar-refractivity contribution < 1.29 is 45.2 Å². The van der Waals surface area contributed by atoms with Gasteiger partial charge in [0, 0.05) is 5.56 Å². The number of hydrogen-bond acceptors (Lipinski definition) is 4. The first-order valence-electron chi connectivity index (χ1n) is 9.75. The molecule has 0 radical (unpaired) electrons. The fourth-order valence-electron chi connectivity index (χ4n) is 3.08. The van der Waals surface area contributed by atoms with Gasteiger partial charge < -0.3 is 4.74 Å². The van der Waals surface area contributed by atoms with Gasteiger partial charge >= 0.3 is 27.4 Å². The van der Waals surface area contributed by atoms with Gasteiger partial charge in [-0.2, -0.15) is 26.3 Å². The first-order valence-corrected chi connectivity index (χ1v) is 10.2. The first kappa shape index (κ1) is 28.3. The lowest BCUT2D eigenvalue weighted by molar-refractivity contribution is -0.146. The third kappa shape index (κ3) is 7.67. The van der Waals surface area contributed by atoms with E-state index in [1.807, 2.05) is 6.92 Å². The predicted molar refractivity (Wildman–Crippen MR) is 111 cm³/mol. The molecule has 2 unspecified atom stereocenters. The van der Waals surface area contributed by atoms with E-state index in [0.29, 0.717) is 31.0 Å². The Bertz CT molecular complexity index is 896. The minimum absolute atomic E-state index is 0.0573. The zero-order chi connectivity index (χ0) is 25.2. The minimum atomic E-state index is -5.24. The van der Waals surface area contributed by atoms with E-state index in [1.54, 1.807) is 0 Å². The molecule has 0 bridgehead atoms. The summed E-state index contributed by atoms with van der Waals surface area (Å²) in [5, 5.41) is 0. The molecule has 0 N–H and O–H groups in total. The predicted octanol–water partition coefficient (Wildman–Crippen LogP) is 6.63. The molecule has 4 nitrogen and oxygen atoms in total. The molecule has 0 spiro atoms. The fraction of sp³-hybridized carbons (Fsp3) is 0.364. The average Bonchev–Trinajstić information content (AvgIpc) is 2.77. The highest BCUT2D eigenvalue weighted by Crippen LogP contribution is 2.41. The molecule has 2 aromatic carbocycles. The Morgan fingerprint density at radius 1 is 0.848 bits per heavy atom. The van der Waals surface area contributed by atoms with Crippen LogP contribution in [0.15, 0.2) is 48.5 Å². The molecule has 0 aliphatic carbocycles. The lowest BCUT2D eigenvalue weighted by Gasteiger charge is -2.21. The molecule has 2 rings (SSSR count). The second-order valence-electron chi connectivity index (χ2n) is 6.81. The Morgan fingerprint density at radius 3 is 1.82 bits per heavy atom. The van der Waals surface area contributed by atoms with Crippen molar-refractivity contribution in [2.24, 2.45) is 0 Å². The Balaban J connectivity index is 0.00000265. The molecule has 0 aliphatic heterocycles. The number of benzene rings is 2. The summed E-state index contributed by atoms with van der Waals surface area (Å²) in [5.74, 6) is -4.78. The lowest BCUT2D eigenvalue weighted by Crippen LogP contribution is -2.29. The lowest BCUT2D eigenvalue weighted by atomic mass is 9.85. The standard InChI is InChI=1S/C22H20F6O3.H2OP/c1-2-3-7-13-31-20(30)17(14-9-5-4-6-10-14)19(29)18-15(21(23,24)25)11-8-12-16(18)22(26,27)28;1-2/h4-6,8-12,17H,2-3,7,13H2,1H3;2H2/q;+1. The number of carbonyl (C=O) groups excluding carboxylic acids is 2. The van der Waals surface area contributed by atoms with Gasteiger partial charge in [0.05, 0.1) is 17.7 Å². The highest BCUT2D eigenvalue weighted by atomic mass is 31.0. The van der Waals surface area contributed by atoms with Crippen LogP contribution in [0.5, 0.6) is 0 Å². The molecule has 0 saturated carbocycles. The Kier molecular flexibility index (Phi) is 10.7. The summed E-state index contributed by atoms with van der Waals surface area (Å²) in [4.78, 5) is 25.7. The van der Waals surface area contributed by atoms with Crippen molar-refractivity contribution in [1.29, 1.82) is 0 Å². The number of carbonyl (C=O) groups is 2. The van der Waals surface area contributed by atoms with Crippen LogP contribution in [0, 0.1) is 0 Å². The molecule has 2 atom stereocenters. The van der Waals surface area contributed by atoms with Gasteiger partial charge in [-0.05, 0) is 24.1 Å². The zero-order valence-electron chi connectivity index (χ0n) is 17.5. The molecular formula is C22H22F6O4P+. The van der Waals surface area contributed by atoms with E-state index < -0.39 is 46.7 Å². The topological polar surface area (TPSA) is 60.4 Å². The molecule has 180 valence electrons. The maximum Gasteiger partial charge on any atom is 0.417 e. The van der Waals surface area contributed by atoms with Crippen molar-refractivity contribution in [3.63, 3.8) is 0 Å². The summed E-state index contributed by atoms with van der Waals surface area (Å²) in [6, 6.07) is 8.26. The summed E-state index contributed by atoms with van der Waals surface area (Å²) in [6.45, 7) is 1.79. The van der Waals surface area contributed by atoms with Crippen molar-refractivity contribution in [3.8, 4) is 0 Å². The fourth-order valence-corrected chi connectivity index (χ4v) is 3.08. The summed E-state index contributed by atoms with van der Waals surface area (Å²) in [7, 11) is 1.17. The zero-order valence-corrected chi connectivity index (χ0v) is 18.7. The van der Waals surface area contributed by atoms with Crippen LogP contribution in [0.2, 0.25) is 0 Å². The number of ether oxygens (including phenoxy) is 1. The Hall–Kier alpha value is -2.74. The van der Waals surface area contributed by atoms with Crippen LogP contribution in [-0.2, 0) is 26.4 Å². The van der Waals surface area contributed by atoms with Gasteiger partial charge in [0.15, 0.2) is 5.78 Å². The summed E-state index contributed by atoms with van der Waals surface area (Å²) in [5.41, 5.74) is -5.17. The van der Waals surface area contributed by atoms with E-state index in [-0.39, 0.29) is 12.2 Å². The van der Waals surface area contributed by atoms with Gasteiger partial charge in [0.1, 0.15) is 5.92 Å². The number of hydrogen-bond donors (Lipinski definition) is 0. The molecule has 0 heterocycles. The van der Waals surface area contributed by atoms with Gasteiger partial charge in [-0.1, -0.05) is 60.7 Å². The highest BCUT2D eigenvalue weighted by Gasteiger charge is 2.45. The van der Waals surface area contributed by atoms with Crippen LogP contribution in [0.3, 0.4) is 0 Å². The Labute approximate surface area is 188 Å². The summed E-state index contributed by atoms with van der Waals surface area (Å²) in [6.07, 6.45) is -8.53. The number of Topliss-reactive ketones (excluding diaryl/α,β-unsaturated/α-hetero) is 1. The van der Waals surface area contributed by atoms with Crippen molar-refractivity contribution in [2.75, 3.05) is 6.61 Å². The monoisotopic (exact) mass is 495 g/mol. The maximum atomic E-state index is 13.5. The van der Waals surface area contributed by atoms with Crippen LogP contribution >= 0.6 is 9.12 Å². The van der Waals surface area contributed by atoms with Crippen LogP contribution in [-0.4, -0.2) is 18.4 Å². The van der Waals surface area contributed by atoms with E-state index in [2.05, 4.69) is 0 Å². The van der Waals surface area contributed by atoms with Crippen molar-refractivity contribution in [3.05, 3.63) is 70.8 Å². The van der Waals surface area contributed by atoms with Crippen LogP contribution in [0.1, 0.15) is 59.2 Å². The third-order valence-corrected chi connectivity index (χ3v) is 4.54. The normalized spacial score (nSPS) is 12.3. The van der Waals surface area contributed by atoms with E-state index in [1.165, 1.54) is 39.5 Å². The highest BCUT2D eigenvalue weighted by molar-refractivity contribution is 7.00. The molecule has 0 aromatic heterocycles. The third-order valence-electron chi connectivity index (χ3n) is 4.54. The van der Waals surface area contributed by atoms with Gasteiger partial charge in [0.25, 0.3) is 0 Å². The smallest absolute Gasteiger partial charge is 0.417 e. The van der Waals surface area contributed by atoms with E-state index in [4.69, 9.17) is 9.30 Å². The molecule has 0 amide bonds. The van der Waals surface area contributed by atoms with E-state index in [0.717, 1.165) is 6.42 Å². The van der Waals surface area contributed by atoms with E-state index in [9.17, 15) is 35.9 Å². The van der Waals surface area contributed by atoms with Gasteiger partial charge in [0.2, 0.25) is 0 Å². The van der Waals surface area contributed by atoms with Crippen molar-refractivity contribution >= 4 is 20.9 Å². The molecule has 0 saturated heterocycles. The quantitative estimate of drug-likeness (QED) is 0.103. The molecular weight excluding hydrogens is 473 g/mol. The van der Waals surface area contributed by atoms with E-state index >= 15 is 0 Å². The molecule has 11 heteroatoms. The van der Waals surface area contributed by atoms with Crippen molar-refractivity contribution in [1.82, 2.24) is 0 Å². The summed E-state index contributed by atoms with van der Waals surface area (Å²) >= 11 is 0. The van der Waals surface area contributed by atoms with Gasteiger partial charge in [-0.15, -0.1) is 0 Å².